The van der Waals surface area contributed by atoms with Crippen molar-refractivity contribution in [2.24, 2.45) is 10.8 Å². The number of Topliss-reactive ketones (excluding diaryl/α,β-unsaturated/α-hetero) is 1. The van der Waals surface area contributed by atoms with E-state index in [2.05, 4.69) is 12.2 Å². The van der Waals surface area contributed by atoms with E-state index in [1.807, 2.05) is 0 Å². The van der Waals surface area contributed by atoms with Crippen molar-refractivity contribution in [3.63, 3.8) is 0 Å². The van der Waals surface area contributed by atoms with E-state index in [9.17, 15) is 4.79 Å². The lowest BCUT2D eigenvalue weighted by molar-refractivity contribution is -0.123. The SMILES string of the molecule is O=C1CCC2(CC1)CCC1(CC=CCC1)CC2. The van der Waals surface area contributed by atoms with Gasteiger partial charge in [-0.3, -0.25) is 4.79 Å². The third-order valence-electron chi connectivity index (χ3n) is 5.80. The van der Waals surface area contributed by atoms with Crippen molar-refractivity contribution in [1.82, 2.24) is 0 Å². The normalized spacial score (nSPS) is 30.9. The smallest absolute Gasteiger partial charge is 0.132 e. The molecular weight excluding hydrogens is 208 g/mol. The number of carbonyl (C=O) groups excluding carboxylic acids is 1. The number of hydrogen-bond acceptors (Lipinski definition) is 1. The summed E-state index contributed by atoms with van der Waals surface area (Å²) in [6.45, 7) is 0. The molecule has 1 nitrogen and oxygen atoms in total. The summed E-state index contributed by atoms with van der Waals surface area (Å²) in [6.07, 6.45) is 18.6. The van der Waals surface area contributed by atoms with Crippen LogP contribution in [0.5, 0.6) is 0 Å². The zero-order valence-corrected chi connectivity index (χ0v) is 10.8. The van der Waals surface area contributed by atoms with Gasteiger partial charge in [-0.15, -0.1) is 0 Å². The van der Waals surface area contributed by atoms with Crippen molar-refractivity contribution < 1.29 is 4.79 Å². The Hall–Kier alpha value is -0.590. The second-order valence-electron chi connectivity index (χ2n) is 6.75. The second-order valence-corrected chi connectivity index (χ2v) is 6.75. The van der Waals surface area contributed by atoms with E-state index in [1.165, 1.54) is 57.8 Å². The van der Waals surface area contributed by atoms with E-state index < -0.39 is 0 Å². The maximum atomic E-state index is 11.4. The van der Waals surface area contributed by atoms with Crippen LogP contribution < -0.4 is 0 Å². The van der Waals surface area contributed by atoms with Crippen molar-refractivity contribution in [3.8, 4) is 0 Å². The first kappa shape index (κ1) is 11.5. The van der Waals surface area contributed by atoms with Gasteiger partial charge < -0.3 is 0 Å². The Morgan fingerprint density at radius 3 is 2.00 bits per heavy atom. The Bertz CT molecular complexity index is 319. The highest BCUT2D eigenvalue weighted by Crippen LogP contribution is 2.55. The number of rotatable bonds is 0. The zero-order valence-electron chi connectivity index (χ0n) is 10.8. The van der Waals surface area contributed by atoms with Crippen LogP contribution in [0.25, 0.3) is 0 Å². The maximum Gasteiger partial charge on any atom is 0.132 e. The van der Waals surface area contributed by atoms with Gasteiger partial charge in [-0.1, -0.05) is 12.2 Å². The van der Waals surface area contributed by atoms with Gasteiger partial charge in [0.05, 0.1) is 0 Å². The summed E-state index contributed by atoms with van der Waals surface area (Å²) in [5.41, 5.74) is 1.22. The van der Waals surface area contributed by atoms with Gasteiger partial charge >= 0.3 is 0 Å². The predicted molar refractivity (Wildman–Crippen MR) is 69.8 cm³/mol. The molecule has 2 fully saturated rings. The standard InChI is InChI=1S/C16H24O/c17-14-4-8-16(9-5-14)12-10-15(11-13-16)6-2-1-3-7-15/h1-2H,3-13H2. The Kier molecular flexibility index (Phi) is 2.88. The molecule has 3 aliphatic carbocycles. The second kappa shape index (κ2) is 4.26. The Morgan fingerprint density at radius 1 is 0.765 bits per heavy atom. The van der Waals surface area contributed by atoms with Gasteiger partial charge in [0.25, 0.3) is 0 Å². The fraction of sp³-hybridized carbons (Fsp3) is 0.812. The van der Waals surface area contributed by atoms with Crippen molar-refractivity contribution in [3.05, 3.63) is 12.2 Å². The number of carbonyl (C=O) groups is 1. The summed E-state index contributed by atoms with van der Waals surface area (Å²) >= 11 is 0. The monoisotopic (exact) mass is 232 g/mol. The summed E-state index contributed by atoms with van der Waals surface area (Å²) in [5, 5.41) is 0. The Labute approximate surface area is 105 Å². The van der Waals surface area contributed by atoms with Crippen molar-refractivity contribution >= 4 is 5.78 Å². The van der Waals surface area contributed by atoms with Gasteiger partial charge in [-0.2, -0.15) is 0 Å². The molecule has 0 radical (unpaired) electrons. The molecule has 0 atom stereocenters. The van der Waals surface area contributed by atoms with E-state index in [-0.39, 0.29) is 0 Å². The average Bonchev–Trinajstić information content (AvgIpc) is 2.38. The first-order chi connectivity index (χ1) is 8.22. The van der Waals surface area contributed by atoms with Crippen LogP contribution in [-0.4, -0.2) is 5.78 Å². The highest BCUT2D eigenvalue weighted by Gasteiger charge is 2.43. The number of ketones is 1. The molecule has 2 spiro atoms. The lowest BCUT2D eigenvalue weighted by Gasteiger charge is -2.49. The molecular formula is C16H24O. The van der Waals surface area contributed by atoms with Crippen LogP contribution >= 0.6 is 0 Å². The molecule has 0 N–H and O–H groups in total. The van der Waals surface area contributed by atoms with Crippen LogP contribution in [0.4, 0.5) is 0 Å². The average molecular weight is 232 g/mol. The Balaban J connectivity index is 1.63. The first-order valence-electron chi connectivity index (χ1n) is 7.39. The summed E-state index contributed by atoms with van der Waals surface area (Å²) in [7, 11) is 0. The van der Waals surface area contributed by atoms with Gasteiger partial charge in [0.1, 0.15) is 5.78 Å². The molecule has 3 rings (SSSR count). The molecule has 2 saturated carbocycles. The molecule has 0 bridgehead atoms. The van der Waals surface area contributed by atoms with E-state index in [1.54, 1.807) is 0 Å². The van der Waals surface area contributed by atoms with Gasteiger partial charge in [0.2, 0.25) is 0 Å². The van der Waals surface area contributed by atoms with Crippen LogP contribution in [0.2, 0.25) is 0 Å². The molecule has 0 aromatic carbocycles. The lowest BCUT2D eigenvalue weighted by Crippen LogP contribution is -2.37. The molecule has 0 aliphatic heterocycles. The van der Waals surface area contributed by atoms with Crippen LogP contribution in [0.3, 0.4) is 0 Å². The molecule has 17 heavy (non-hydrogen) atoms. The highest BCUT2D eigenvalue weighted by molar-refractivity contribution is 5.79. The highest BCUT2D eigenvalue weighted by atomic mass is 16.1. The van der Waals surface area contributed by atoms with Crippen LogP contribution in [0.15, 0.2) is 12.2 Å². The topological polar surface area (TPSA) is 17.1 Å². The predicted octanol–water partition coefficient (Wildman–Crippen LogP) is 4.42. The Morgan fingerprint density at radius 2 is 1.41 bits per heavy atom. The van der Waals surface area contributed by atoms with E-state index >= 15 is 0 Å². The first-order valence-corrected chi connectivity index (χ1v) is 7.39. The molecule has 3 aliphatic rings. The minimum Gasteiger partial charge on any atom is -0.300 e. The molecule has 1 heteroatoms. The maximum absolute atomic E-state index is 11.4. The molecule has 0 aromatic rings. The summed E-state index contributed by atoms with van der Waals surface area (Å²) in [4.78, 5) is 11.4. The zero-order chi connectivity index (χ0) is 11.8. The third-order valence-corrected chi connectivity index (χ3v) is 5.80. The van der Waals surface area contributed by atoms with Gasteiger partial charge in [0.15, 0.2) is 0 Å². The quantitative estimate of drug-likeness (QED) is 0.565. The third kappa shape index (κ3) is 2.21. The van der Waals surface area contributed by atoms with Crippen molar-refractivity contribution in [2.75, 3.05) is 0 Å². The van der Waals surface area contributed by atoms with E-state index in [0.717, 1.165) is 12.8 Å². The summed E-state index contributed by atoms with van der Waals surface area (Å²) in [6, 6.07) is 0. The van der Waals surface area contributed by atoms with Gasteiger partial charge in [-0.05, 0) is 68.6 Å². The molecule has 0 amide bonds. The molecule has 94 valence electrons. The molecule has 0 saturated heterocycles. The molecule has 0 aromatic heterocycles. The lowest BCUT2D eigenvalue weighted by atomic mass is 9.56. The van der Waals surface area contributed by atoms with E-state index in [4.69, 9.17) is 0 Å². The minimum absolute atomic E-state index is 0.511. The van der Waals surface area contributed by atoms with Crippen LogP contribution in [0.1, 0.15) is 70.6 Å². The van der Waals surface area contributed by atoms with Crippen LogP contribution in [0, 0.1) is 10.8 Å². The van der Waals surface area contributed by atoms with Crippen LogP contribution in [-0.2, 0) is 4.79 Å². The number of hydrogen-bond donors (Lipinski definition) is 0. The van der Waals surface area contributed by atoms with Gasteiger partial charge in [0, 0.05) is 12.8 Å². The fourth-order valence-corrected chi connectivity index (χ4v) is 4.27. The molecule has 0 unspecified atom stereocenters. The minimum atomic E-state index is 0.511. The summed E-state index contributed by atoms with van der Waals surface area (Å²) in [5.74, 6) is 0.511. The number of allylic oxidation sites excluding steroid dienone is 2. The summed E-state index contributed by atoms with van der Waals surface area (Å²) < 4.78 is 0. The molecule has 0 heterocycles. The fourth-order valence-electron chi connectivity index (χ4n) is 4.27. The van der Waals surface area contributed by atoms with Crippen molar-refractivity contribution in [2.45, 2.75) is 70.6 Å². The van der Waals surface area contributed by atoms with E-state index in [0.29, 0.717) is 16.6 Å². The largest absolute Gasteiger partial charge is 0.300 e. The van der Waals surface area contributed by atoms with Crippen molar-refractivity contribution in [1.29, 1.82) is 0 Å². The van der Waals surface area contributed by atoms with Gasteiger partial charge in [-0.25, -0.2) is 0 Å².